The Kier molecular flexibility index (Phi) is 2.45. The Balaban J connectivity index is 2.33. The van der Waals surface area contributed by atoms with Crippen LogP contribution < -0.4 is 5.43 Å². The maximum Gasteiger partial charge on any atom is 0.200 e. The van der Waals surface area contributed by atoms with Gasteiger partial charge in [-0.15, -0.1) is 0 Å². The molecule has 3 rings (SSSR count). The average Bonchev–Trinajstić information content (AvgIpc) is 2.41. The molecule has 1 heterocycles. The van der Waals surface area contributed by atoms with Gasteiger partial charge in [0.25, 0.3) is 0 Å². The molecule has 1 aromatic heterocycles. The van der Waals surface area contributed by atoms with Crippen molar-refractivity contribution in [2.45, 2.75) is 0 Å². The Morgan fingerprint density at radius 3 is 2.56 bits per heavy atom. The molecule has 0 fully saturated rings. The van der Waals surface area contributed by atoms with Crippen LogP contribution in [0.15, 0.2) is 64.0 Å². The molecule has 3 heteroatoms. The van der Waals surface area contributed by atoms with E-state index >= 15 is 0 Å². The highest BCUT2D eigenvalue weighted by molar-refractivity contribution is 5.81. The summed E-state index contributed by atoms with van der Waals surface area (Å²) in [4.78, 5) is 12.3. The van der Waals surface area contributed by atoms with Gasteiger partial charge in [0.1, 0.15) is 17.7 Å². The highest BCUT2D eigenvalue weighted by atomic mass is 19.1. The van der Waals surface area contributed by atoms with Crippen molar-refractivity contribution in [1.82, 2.24) is 0 Å². The van der Waals surface area contributed by atoms with Crippen LogP contribution in [0.4, 0.5) is 4.39 Å². The van der Waals surface area contributed by atoms with Crippen LogP contribution in [-0.2, 0) is 0 Å². The molecule has 18 heavy (non-hydrogen) atoms. The van der Waals surface area contributed by atoms with Crippen LogP contribution in [0, 0.1) is 5.82 Å². The zero-order valence-electron chi connectivity index (χ0n) is 9.39. The van der Waals surface area contributed by atoms with E-state index in [1.807, 2.05) is 30.3 Å². The molecule has 0 aliphatic heterocycles. The van der Waals surface area contributed by atoms with Crippen LogP contribution in [0.2, 0.25) is 0 Å². The molecule has 0 aliphatic carbocycles. The van der Waals surface area contributed by atoms with E-state index in [2.05, 4.69) is 0 Å². The van der Waals surface area contributed by atoms with Crippen LogP contribution in [0.5, 0.6) is 0 Å². The van der Waals surface area contributed by atoms with E-state index in [0.29, 0.717) is 11.1 Å². The summed E-state index contributed by atoms with van der Waals surface area (Å²) in [6, 6.07) is 13.1. The molecule has 0 saturated heterocycles. The average molecular weight is 240 g/mol. The molecule has 0 N–H and O–H groups in total. The number of benzene rings is 2. The highest BCUT2D eigenvalue weighted by Crippen LogP contribution is 2.19. The Hall–Kier alpha value is -2.42. The molecule has 3 aromatic rings. The van der Waals surface area contributed by atoms with E-state index in [4.69, 9.17) is 4.42 Å². The van der Waals surface area contributed by atoms with Crippen molar-refractivity contribution in [3.8, 4) is 11.1 Å². The maximum absolute atomic E-state index is 13.2. The summed E-state index contributed by atoms with van der Waals surface area (Å²) in [5, 5.41) is 0.261. The van der Waals surface area contributed by atoms with Crippen LogP contribution in [-0.4, -0.2) is 0 Å². The van der Waals surface area contributed by atoms with Crippen molar-refractivity contribution in [3.05, 3.63) is 70.8 Å². The van der Waals surface area contributed by atoms with Crippen molar-refractivity contribution >= 4 is 11.0 Å². The highest BCUT2D eigenvalue weighted by Gasteiger charge is 2.09. The molecule has 88 valence electrons. The Labute approximate surface area is 102 Å². The lowest BCUT2D eigenvalue weighted by Crippen LogP contribution is -2.04. The standard InChI is InChI=1S/C15H9FO2/c16-11-6-7-14-12(8-11)15(17)13(9-18-14)10-4-2-1-3-5-10/h1-9H. The van der Waals surface area contributed by atoms with Gasteiger partial charge in [0.05, 0.1) is 10.9 Å². The number of hydrogen-bond donors (Lipinski definition) is 0. The largest absolute Gasteiger partial charge is 0.463 e. The van der Waals surface area contributed by atoms with E-state index in [1.54, 1.807) is 0 Å². The minimum Gasteiger partial charge on any atom is -0.463 e. The van der Waals surface area contributed by atoms with E-state index in [0.717, 1.165) is 5.56 Å². The van der Waals surface area contributed by atoms with Gasteiger partial charge in [0, 0.05) is 0 Å². The zero-order chi connectivity index (χ0) is 12.5. The molecule has 0 spiro atoms. The van der Waals surface area contributed by atoms with Crippen molar-refractivity contribution in [2.24, 2.45) is 0 Å². The van der Waals surface area contributed by atoms with Gasteiger partial charge >= 0.3 is 0 Å². The fourth-order valence-corrected chi connectivity index (χ4v) is 1.92. The first kappa shape index (κ1) is 10.7. The van der Waals surface area contributed by atoms with Gasteiger partial charge in [0.2, 0.25) is 5.43 Å². The molecule has 2 nitrogen and oxygen atoms in total. The van der Waals surface area contributed by atoms with Gasteiger partial charge in [0.15, 0.2) is 0 Å². The lowest BCUT2D eigenvalue weighted by atomic mass is 10.1. The van der Waals surface area contributed by atoms with Crippen molar-refractivity contribution in [1.29, 1.82) is 0 Å². The molecule has 2 aromatic carbocycles. The molecule has 0 bridgehead atoms. The first-order chi connectivity index (χ1) is 8.75. The van der Waals surface area contributed by atoms with Crippen LogP contribution in [0.3, 0.4) is 0 Å². The first-order valence-electron chi connectivity index (χ1n) is 5.52. The number of fused-ring (bicyclic) bond motifs is 1. The summed E-state index contributed by atoms with van der Waals surface area (Å²) >= 11 is 0. The second-order valence-electron chi connectivity index (χ2n) is 3.99. The van der Waals surface area contributed by atoms with Gasteiger partial charge in [-0.1, -0.05) is 30.3 Å². The van der Waals surface area contributed by atoms with Crippen molar-refractivity contribution in [2.75, 3.05) is 0 Å². The summed E-state index contributed by atoms with van der Waals surface area (Å²) < 4.78 is 18.5. The Morgan fingerprint density at radius 1 is 1.00 bits per heavy atom. The molecule has 0 unspecified atom stereocenters. The second kappa shape index (κ2) is 4.11. The Bertz CT molecular complexity index is 760. The van der Waals surface area contributed by atoms with E-state index in [9.17, 15) is 9.18 Å². The lowest BCUT2D eigenvalue weighted by Gasteiger charge is -2.02. The normalized spacial score (nSPS) is 10.7. The third-order valence-electron chi connectivity index (χ3n) is 2.82. The molecular weight excluding hydrogens is 231 g/mol. The summed E-state index contributed by atoms with van der Waals surface area (Å²) in [5.41, 5.74) is 1.37. The van der Waals surface area contributed by atoms with E-state index in [1.165, 1.54) is 24.5 Å². The van der Waals surface area contributed by atoms with Gasteiger partial charge in [-0.05, 0) is 23.8 Å². The quantitative estimate of drug-likeness (QED) is 0.650. The van der Waals surface area contributed by atoms with Crippen molar-refractivity contribution < 1.29 is 8.81 Å². The van der Waals surface area contributed by atoms with E-state index < -0.39 is 5.82 Å². The SMILES string of the molecule is O=c1c(-c2ccccc2)coc2ccc(F)cc12. The van der Waals surface area contributed by atoms with Crippen LogP contribution >= 0.6 is 0 Å². The predicted octanol–water partition coefficient (Wildman–Crippen LogP) is 3.60. The fourth-order valence-electron chi connectivity index (χ4n) is 1.92. The smallest absolute Gasteiger partial charge is 0.200 e. The molecular formula is C15H9FO2. The third-order valence-corrected chi connectivity index (χ3v) is 2.82. The number of rotatable bonds is 1. The molecule has 0 aliphatic rings. The van der Waals surface area contributed by atoms with Crippen LogP contribution in [0.25, 0.3) is 22.1 Å². The second-order valence-corrected chi connectivity index (χ2v) is 3.99. The summed E-state index contributed by atoms with van der Waals surface area (Å²) in [7, 11) is 0. The third kappa shape index (κ3) is 1.70. The molecule has 0 saturated carbocycles. The Morgan fingerprint density at radius 2 is 1.78 bits per heavy atom. The van der Waals surface area contributed by atoms with Gasteiger partial charge in [-0.2, -0.15) is 0 Å². The molecule has 0 amide bonds. The zero-order valence-corrected chi connectivity index (χ0v) is 9.39. The minimum atomic E-state index is -0.444. The van der Waals surface area contributed by atoms with Gasteiger partial charge < -0.3 is 4.42 Å². The van der Waals surface area contributed by atoms with Crippen LogP contribution in [0.1, 0.15) is 0 Å². The number of halogens is 1. The minimum absolute atomic E-state index is 0.220. The van der Waals surface area contributed by atoms with Gasteiger partial charge in [-0.3, -0.25) is 4.79 Å². The summed E-state index contributed by atoms with van der Waals surface area (Å²) in [6.45, 7) is 0. The molecule has 0 atom stereocenters. The maximum atomic E-state index is 13.2. The predicted molar refractivity (Wildman–Crippen MR) is 67.9 cm³/mol. The van der Waals surface area contributed by atoms with E-state index in [-0.39, 0.29) is 10.8 Å². The monoisotopic (exact) mass is 240 g/mol. The van der Waals surface area contributed by atoms with Gasteiger partial charge in [-0.25, -0.2) is 4.39 Å². The molecule has 0 radical (unpaired) electrons. The first-order valence-corrected chi connectivity index (χ1v) is 5.52. The topological polar surface area (TPSA) is 30.2 Å². The lowest BCUT2D eigenvalue weighted by molar-refractivity contribution is 0.598. The van der Waals surface area contributed by atoms with Crippen molar-refractivity contribution in [3.63, 3.8) is 0 Å². The summed E-state index contributed by atoms with van der Waals surface area (Å²) in [6.07, 6.45) is 1.41. The summed E-state index contributed by atoms with van der Waals surface area (Å²) in [5.74, 6) is -0.444. The fraction of sp³-hybridized carbons (Fsp3) is 0. The number of hydrogen-bond acceptors (Lipinski definition) is 2.